The normalized spacial score (nSPS) is 21.6. The van der Waals surface area contributed by atoms with E-state index in [1.807, 2.05) is 6.07 Å². The SMILES string of the molecule is COc1cc(OC)c(C2CC(C(=O)O)CN2)cc1C(C)C. The van der Waals surface area contributed by atoms with E-state index in [1.54, 1.807) is 14.2 Å². The maximum absolute atomic E-state index is 11.1. The van der Waals surface area contributed by atoms with Crippen LogP contribution < -0.4 is 14.8 Å². The van der Waals surface area contributed by atoms with Crippen molar-refractivity contribution in [2.45, 2.75) is 32.2 Å². The summed E-state index contributed by atoms with van der Waals surface area (Å²) in [4.78, 5) is 11.1. The van der Waals surface area contributed by atoms with Crippen LogP contribution in [-0.4, -0.2) is 31.8 Å². The number of hydrogen-bond donors (Lipinski definition) is 2. The Morgan fingerprint density at radius 1 is 1.29 bits per heavy atom. The minimum Gasteiger partial charge on any atom is -0.496 e. The number of rotatable bonds is 5. The molecule has 0 spiro atoms. The van der Waals surface area contributed by atoms with Crippen molar-refractivity contribution in [1.29, 1.82) is 0 Å². The maximum atomic E-state index is 11.1. The molecule has 5 nitrogen and oxygen atoms in total. The molecule has 0 saturated carbocycles. The lowest BCUT2D eigenvalue weighted by molar-refractivity contribution is -0.141. The Morgan fingerprint density at radius 2 is 1.95 bits per heavy atom. The smallest absolute Gasteiger partial charge is 0.307 e. The van der Waals surface area contributed by atoms with E-state index in [2.05, 4.69) is 25.2 Å². The van der Waals surface area contributed by atoms with Crippen molar-refractivity contribution in [3.63, 3.8) is 0 Å². The van der Waals surface area contributed by atoms with Gasteiger partial charge >= 0.3 is 5.97 Å². The van der Waals surface area contributed by atoms with Gasteiger partial charge in [0.05, 0.1) is 20.1 Å². The van der Waals surface area contributed by atoms with Gasteiger partial charge in [0, 0.05) is 24.2 Å². The fraction of sp³-hybridized carbons (Fsp3) is 0.562. The van der Waals surface area contributed by atoms with E-state index in [0.29, 0.717) is 18.9 Å². The molecule has 0 amide bonds. The molecule has 1 aliphatic heterocycles. The summed E-state index contributed by atoms with van der Waals surface area (Å²) in [5.41, 5.74) is 2.11. The lowest BCUT2D eigenvalue weighted by Crippen LogP contribution is -2.17. The van der Waals surface area contributed by atoms with Crippen LogP contribution in [0, 0.1) is 5.92 Å². The van der Waals surface area contributed by atoms with E-state index in [1.165, 1.54) is 0 Å². The van der Waals surface area contributed by atoms with Crippen LogP contribution in [0.25, 0.3) is 0 Å². The van der Waals surface area contributed by atoms with Gasteiger partial charge in [-0.15, -0.1) is 0 Å². The van der Waals surface area contributed by atoms with Crippen LogP contribution in [0.4, 0.5) is 0 Å². The van der Waals surface area contributed by atoms with Crippen molar-refractivity contribution >= 4 is 5.97 Å². The number of carboxylic acids is 1. The zero-order chi connectivity index (χ0) is 15.6. The maximum Gasteiger partial charge on any atom is 0.307 e. The highest BCUT2D eigenvalue weighted by molar-refractivity contribution is 5.71. The van der Waals surface area contributed by atoms with Crippen LogP contribution in [0.1, 0.15) is 43.4 Å². The number of carboxylic acid groups (broad SMARTS) is 1. The molecule has 1 aromatic rings. The Morgan fingerprint density at radius 3 is 2.43 bits per heavy atom. The standard InChI is InChI=1S/C16H23NO4/c1-9(2)11-6-12(15(21-4)7-14(11)20-3)13-5-10(8-17-13)16(18)19/h6-7,9-10,13,17H,5,8H2,1-4H3,(H,18,19). The van der Waals surface area contributed by atoms with Gasteiger partial charge in [-0.25, -0.2) is 0 Å². The highest BCUT2D eigenvalue weighted by atomic mass is 16.5. The molecule has 2 rings (SSSR count). The summed E-state index contributed by atoms with van der Waals surface area (Å²) in [6.45, 7) is 4.71. The third-order valence-corrected chi connectivity index (χ3v) is 4.06. The topological polar surface area (TPSA) is 67.8 Å². The summed E-state index contributed by atoms with van der Waals surface area (Å²) in [6, 6.07) is 3.97. The molecular weight excluding hydrogens is 270 g/mol. The molecule has 2 atom stereocenters. The summed E-state index contributed by atoms with van der Waals surface area (Å²) in [5.74, 6) is 0.769. The first-order valence-corrected chi connectivity index (χ1v) is 7.19. The highest BCUT2D eigenvalue weighted by Gasteiger charge is 2.32. The average molecular weight is 293 g/mol. The third kappa shape index (κ3) is 3.13. The molecule has 2 unspecified atom stereocenters. The summed E-state index contributed by atoms with van der Waals surface area (Å²) >= 11 is 0. The molecule has 0 aromatic heterocycles. The van der Waals surface area contributed by atoms with Gasteiger partial charge in [0.1, 0.15) is 11.5 Å². The molecule has 5 heteroatoms. The van der Waals surface area contributed by atoms with Gasteiger partial charge in [-0.05, 0) is 24.0 Å². The Balaban J connectivity index is 2.38. The lowest BCUT2D eigenvalue weighted by Gasteiger charge is -2.20. The summed E-state index contributed by atoms with van der Waals surface area (Å²) < 4.78 is 10.9. The molecule has 1 fully saturated rings. The second-order valence-corrected chi connectivity index (χ2v) is 5.72. The third-order valence-electron chi connectivity index (χ3n) is 4.06. The van der Waals surface area contributed by atoms with Crippen molar-refractivity contribution in [3.05, 3.63) is 23.3 Å². The van der Waals surface area contributed by atoms with Gasteiger partial charge in [-0.1, -0.05) is 13.8 Å². The van der Waals surface area contributed by atoms with Crippen LogP contribution in [0.2, 0.25) is 0 Å². The first-order valence-electron chi connectivity index (χ1n) is 7.19. The Labute approximate surface area is 125 Å². The van der Waals surface area contributed by atoms with Gasteiger partial charge in [-0.2, -0.15) is 0 Å². The zero-order valence-electron chi connectivity index (χ0n) is 13.0. The summed E-state index contributed by atoms with van der Waals surface area (Å²) in [6.07, 6.45) is 0.579. The Hall–Kier alpha value is -1.75. The van der Waals surface area contributed by atoms with Crippen molar-refractivity contribution in [3.8, 4) is 11.5 Å². The van der Waals surface area contributed by atoms with Gasteiger partial charge in [0.2, 0.25) is 0 Å². The number of ether oxygens (including phenoxy) is 2. The number of aliphatic carboxylic acids is 1. The van der Waals surface area contributed by atoms with E-state index in [0.717, 1.165) is 22.6 Å². The van der Waals surface area contributed by atoms with E-state index < -0.39 is 5.97 Å². The van der Waals surface area contributed by atoms with Crippen LogP contribution in [0.15, 0.2) is 12.1 Å². The number of hydrogen-bond acceptors (Lipinski definition) is 4. The molecule has 0 aliphatic carbocycles. The average Bonchev–Trinajstić information content (AvgIpc) is 2.95. The van der Waals surface area contributed by atoms with E-state index in [9.17, 15) is 4.79 Å². The minimum atomic E-state index is -0.749. The molecule has 2 N–H and O–H groups in total. The zero-order valence-corrected chi connectivity index (χ0v) is 13.0. The quantitative estimate of drug-likeness (QED) is 0.873. The van der Waals surface area contributed by atoms with Crippen LogP contribution >= 0.6 is 0 Å². The highest BCUT2D eigenvalue weighted by Crippen LogP contribution is 2.39. The van der Waals surface area contributed by atoms with Crippen molar-refractivity contribution in [2.75, 3.05) is 20.8 Å². The lowest BCUT2D eigenvalue weighted by atomic mass is 9.93. The molecule has 0 radical (unpaired) electrons. The molecule has 1 aromatic carbocycles. The number of carbonyl (C=O) groups is 1. The molecule has 116 valence electrons. The predicted octanol–water partition coefficient (Wildman–Crippen LogP) is 2.56. The van der Waals surface area contributed by atoms with E-state index in [-0.39, 0.29) is 12.0 Å². The molecule has 1 aliphatic rings. The molecule has 1 saturated heterocycles. The van der Waals surface area contributed by atoms with Gasteiger partial charge in [0.25, 0.3) is 0 Å². The predicted molar refractivity (Wildman–Crippen MR) is 80.1 cm³/mol. The second kappa shape index (κ2) is 6.35. The summed E-state index contributed by atoms with van der Waals surface area (Å²) in [7, 11) is 3.27. The van der Waals surface area contributed by atoms with Crippen molar-refractivity contribution in [1.82, 2.24) is 5.32 Å². The van der Waals surface area contributed by atoms with E-state index in [4.69, 9.17) is 14.6 Å². The molecule has 21 heavy (non-hydrogen) atoms. The molecular formula is C16H23NO4. The van der Waals surface area contributed by atoms with Gasteiger partial charge in [-0.3, -0.25) is 4.79 Å². The first kappa shape index (κ1) is 15.6. The van der Waals surface area contributed by atoms with E-state index >= 15 is 0 Å². The Kier molecular flexibility index (Phi) is 4.73. The minimum absolute atomic E-state index is 0.00413. The molecule has 1 heterocycles. The van der Waals surface area contributed by atoms with Gasteiger partial charge < -0.3 is 19.9 Å². The van der Waals surface area contributed by atoms with Crippen LogP contribution in [0.5, 0.6) is 11.5 Å². The largest absolute Gasteiger partial charge is 0.496 e. The van der Waals surface area contributed by atoms with Crippen molar-refractivity contribution < 1.29 is 19.4 Å². The second-order valence-electron chi connectivity index (χ2n) is 5.72. The van der Waals surface area contributed by atoms with Crippen LogP contribution in [-0.2, 0) is 4.79 Å². The monoisotopic (exact) mass is 293 g/mol. The van der Waals surface area contributed by atoms with Crippen molar-refractivity contribution in [2.24, 2.45) is 5.92 Å². The number of nitrogens with one attached hydrogen (secondary N) is 1. The molecule has 0 bridgehead atoms. The summed E-state index contributed by atoms with van der Waals surface area (Å²) in [5, 5.41) is 12.4. The first-order chi connectivity index (χ1) is 9.97. The fourth-order valence-corrected chi connectivity index (χ4v) is 2.83. The fourth-order valence-electron chi connectivity index (χ4n) is 2.83. The number of methoxy groups -OCH3 is 2. The number of benzene rings is 1. The Bertz CT molecular complexity index is 527. The van der Waals surface area contributed by atoms with Crippen LogP contribution in [0.3, 0.4) is 0 Å². The van der Waals surface area contributed by atoms with Gasteiger partial charge in [0.15, 0.2) is 0 Å².